The summed E-state index contributed by atoms with van der Waals surface area (Å²) in [5.41, 5.74) is 2.16. The molecule has 1 atom stereocenters. The second kappa shape index (κ2) is 7.01. The minimum Gasteiger partial charge on any atom is -0.441 e. The number of methoxy groups -OCH3 is 1. The molecule has 1 heterocycles. The van der Waals surface area contributed by atoms with Gasteiger partial charge in [0.15, 0.2) is 0 Å². The van der Waals surface area contributed by atoms with E-state index in [1.807, 2.05) is 12.1 Å². The maximum Gasteiger partial charge on any atom is 0.414 e. The average Bonchev–Trinajstić information content (AvgIpc) is 2.96. The number of hydrogen-bond acceptors (Lipinski definition) is 4. The number of benzene rings is 1. The summed E-state index contributed by atoms with van der Waals surface area (Å²) in [6, 6.07) is 10.6. The van der Waals surface area contributed by atoms with Crippen molar-refractivity contribution in [2.24, 2.45) is 5.92 Å². The van der Waals surface area contributed by atoms with Gasteiger partial charge in [-0.2, -0.15) is 5.26 Å². The molecule has 1 aromatic carbocycles. The quantitative estimate of drug-likeness (QED) is 0.854. The van der Waals surface area contributed by atoms with E-state index in [0.717, 1.165) is 31.4 Å². The molecule has 5 heteroatoms. The van der Waals surface area contributed by atoms with Crippen LogP contribution in [0.1, 0.15) is 37.2 Å². The van der Waals surface area contributed by atoms with Gasteiger partial charge in [-0.05, 0) is 49.3 Å². The summed E-state index contributed by atoms with van der Waals surface area (Å²) in [6.45, 7) is 0.946. The number of nitriles is 1. The van der Waals surface area contributed by atoms with Crippen LogP contribution in [-0.2, 0) is 9.47 Å². The van der Waals surface area contributed by atoms with Gasteiger partial charge in [-0.25, -0.2) is 4.79 Å². The van der Waals surface area contributed by atoms with Gasteiger partial charge in [-0.1, -0.05) is 12.1 Å². The number of anilines is 1. The summed E-state index contributed by atoms with van der Waals surface area (Å²) in [4.78, 5) is 13.6. The molecule has 1 aromatic rings. The van der Waals surface area contributed by atoms with Crippen molar-refractivity contribution in [1.29, 1.82) is 5.26 Å². The lowest BCUT2D eigenvalue weighted by Crippen LogP contribution is -2.25. The Bertz CT molecular complexity index is 585. The Balaban J connectivity index is 1.64. The predicted molar refractivity (Wildman–Crippen MR) is 86.2 cm³/mol. The third-order valence-electron chi connectivity index (χ3n) is 4.81. The van der Waals surface area contributed by atoms with Gasteiger partial charge in [0.05, 0.1) is 19.2 Å². The van der Waals surface area contributed by atoms with Crippen LogP contribution in [0.4, 0.5) is 10.5 Å². The highest BCUT2D eigenvalue weighted by molar-refractivity contribution is 5.89. The normalized spacial score (nSPS) is 27.6. The molecule has 0 N–H and O–H groups in total. The van der Waals surface area contributed by atoms with E-state index in [-0.39, 0.29) is 18.1 Å². The topological polar surface area (TPSA) is 62.6 Å². The fraction of sp³-hybridized carbons (Fsp3) is 0.556. The van der Waals surface area contributed by atoms with Crippen LogP contribution in [-0.4, -0.2) is 32.5 Å². The van der Waals surface area contributed by atoms with Crippen molar-refractivity contribution in [3.8, 4) is 6.07 Å². The smallest absolute Gasteiger partial charge is 0.414 e. The first-order valence-electron chi connectivity index (χ1n) is 8.18. The molecule has 0 unspecified atom stereocenters. The average molecular weight is 314 g/mol. The van der Waals surface area contributed by atoms with Crippen LogP contribution in [0.15, 0.2) is 24.3 Å². The minimum absolute atomic E-state index is 0.201. The molecule has 5 nitrogen and oxygen atoms in total. The Hall–Kier alpha value is -2.06. The molecule has 0 bridgehead atoms. The standard InChI is InChI=1S/C18H22N2O3/c1-22-12-17-11-20(18(21)23-17)16-8-6-15(7-9-16)14-4-2-13(10-19)3-5-14/h6-9,13-14,17H,2-5,11-12H2,1H3/t13-,14-,17-/m1/s1. The molecule has 122 valence electrons. The Morgan fingerprint density at radius 3 is 2.57 bits per heavy atom. The van der Waals surface area contributed by atoms with Crippen molar-refractivity contribution in [3.05, 3.63) is 29.8 Å². The van der Waals surface area contributed by atoms with E-state index < -0.39 is 0 Å². The molecule has 2 aliphatic rings. The van der Waals surface area contributed by atoms with Gasteiger partial charge in [-0.3, -0.25) is 4.90 Å². The third kappa shape index (κ3) is 3.48. The molecule has 0 aromatic heterocycles. The molecule has 1 saturated carbocycles. The van der Waals surface area contributed by atoms with Gasteiger partial charge < -0.3 is 9.47 Å². The van der Waals surface area contributed by atoms with Crippen molar-refractivity contribution in [1.82, 2.24) is 0 Å². The van der Waals surface area contributed by atoms with Crippen LogP contribution in [0.3, 0.4) is 0 Å². The Kier molecular flexibility index (Phi) is 4.82. The zero-order valence-corrected chi connectivity index (χ0v) is 13.4. The Morgan fingerprint density at radius 1 is 1.26 bits per heavy atom. The van der Waals surface area contributed by atoms with Crippen LogP contribution < -0.4 is 4.90 Å². The number of ether oxygens (including phenoxy) is 2. The molecule has 3 rings (SSSR count). The van der Waals surface area contributed by atoms with Gasteiger partial charge in [0.25, 0.3) is 0 Å². The molecular weight excluding hydrogens is 292 g/mol. The SMILES string of the molecule is COC[C@H]1CN(c2ccc([C@H]3CC[C@H](C#N)CC3)cc2)C(=O)O1. The maximum absolute atomic E-state index is 11.9. The van der Waals surface area contributed by atoms with E-state index in [0.29, 0.717) is 19.1 Å². The van der Waals surface area contributed by atoms with Crippen molar-refractivity contribution in [3.63, 3.8) is 0 Å². The number of hydrogen-bond donors (Lipinski definition) is 0. The van der Waals surface area contributed by atoms with Gasteiger partial charge in [-0.15, -0.1) is 0 Å². The van der Waals surface area contributed by atoms with E-state index in [1.54, 1.807) is 12.0 Å². The molecule has 1 aliphatic heterocycles. The second-order valence-electron chi connectivity index (χ2n) is 6.34. The summed E-state index contributed by atoms with van der Waals surface area (Å²) in [5.74, 6) is 0.753. The Labute approximate surface area is 136 Å². The minimum atomic E-state index is -0.311. The molecular formula is C18H22N2O3. The maximum atomic E-state index is 11.9. The number of carbonyl (C=O) groups excluding carboxylic acids is 1. The van der Waals surface area contributed by atoms with Gasteiger partial charge in [0.2, 0.25) is 0 Å². The lowest BCUT2D eigenvalue weighted by Gasteiger charge is -2.25. The fourth-order valence-electron chi connectivity index (χ4n) is 3.49. The summed E-state index contributed by atoms with van der Waals surface area (Å²) in [6.07, 6.45) is 3.60. The highest BCUT2D eigenvalue weighted by Crippen LogP contribution is 2.36. The van der Waals surface area contributed by atoms with E-state index >= 15 is 0 Å². The lowest BCUT2D eigenvalue weighted by atomic mass is 9.79. The fourth-order valence-corrected chi connectivity index (χ4v) is 3.49. The van der Waals surface area contributed by atoms with Crippen LogP contribution in [0.2, 0.25) is 0 Å². The summed E-state index contributed by atoms with van der Waals surface area (Å²) in [5, 5.41) is 8.98. The first kappa shape index (κ1) is 15.8. The molecule has 0 spiro atoms. The van der Waals surface area contributed by atoms with Crippen molar-refractivity contribution in [2.45, 2.75) is 37.7 Å². The van der Waals surface area contributed by atoms with Crippen LogP contribution in [0, 0.1) is 17.2 Å². The molecule has 0 radical (unpaired) electrons. The largest absolute Gasteiger partial charge is 0.441 e. The molecule has 2 fully saturated rings. The number of carbonyl (C=O) groups is 1. The first-order valence-corrected chi connectivity index (χ1v) is 8.18. The number of cyclic esters (lactones) is 1. The van der Waals surface area contributed by atoms with Crippen LogP contribution in [0.25, 0.3) is 0 Å². The zero-order chi connectivity index (χ0) is 16.2. The van der Waals surface area contributed by atoms with Crippen molar-refractivity contribution < 1.29 is 14.3 Å². The van der Waals surface area contributed by atoms with Crippen molar-refractivity contribution in [2.75, 3.05) is 25.2 Å². The number of amides is 1. The molecule has 1 aliphatic carbocycles. The lowest BCUT2D eigenvalue weighted by molar-refractivity contribution is 0.0718. The number of nitrogens with zero attached hydrogens (tertiary/aromatic N) is 2. The van der Waals surface area contributed by atoms with E-state index in [4.69, 9.17) is 14.7 Å². The summed E-state index contributed by atoms with van der Waals surface area (Å²) >= 11 is 0. The van der Waals surface area contributed by atoms with E-state index in [1.165, 1.54) is 5.56 Å². The van der Waals surface area contributed by atoms with Crippen LogP contribution >= 0.6 is 0 Å². The highest BCUT2D eigenvalue weighted by atomic mass is 16.6. The number of rotatable bonds is 4. The monoisotopic (exact) mass is 314 g/mol. The molecule has 1 amide bonds. The highest BCUT2D eigenvalue weighted by Gasteiger charge is 2.32. The first-order chi connectivity index (χ1) is 11.2. The van der Waals surface area contributed by atoms with Crippen molar-refractivity contribution >= 4 is 11.8 Å². The van der Waals surface area contributed by atoms with E-state index in [9.17, 15) is 4.79 Å². The summed E-state index contributed by atoms with van der Waals surface area (Å²) < 4.78 is 10.3. The predicted octanol–water partition coefficient (Wildman–Crippen LogP) is 3.46. The summed E-state index contributed by atoms with van der Waals surface area (Å²) in [7, 11) is 1.60. The molecule has 1 saturated heterocycles. The Morgan fingerprint density at radius 2 is 1.96 bits per heavy atom. The van der Waals surface area contributed by atoms with Gasteiger partial charge in [0.1, 0.15) is 6.10 Å². The second-order valence-corrected chi connectivity index (χ2v) is 6.34. The van der Waals surface area contributed by atoms with Gasteiger partial charge in [0, 0.05) is 18.7 Å². The van der Waals surface area contributed by atoms with Gasteiger partial charge >= 0.3 is 6.09 Å². The zero-order valence-electron chi connectivity index (χ0n) is 13.4. The van der Waals surface area contributed by atoms with Crippen LogP contribution in [0.5, 0.6) is 0 Å². The third-order valence-corrected chi connectivity index (χ3v) is 4.81. The van der Waals surface area contributed by atoms with E-state index in [2.05, 4.69) is 18.2 Å². The molecule has 23 heavy (non-hydrogen) atoms.